The first-order valence-electron chi connectivity index (χ1n) is 8.53. The van der Waals surface area contributed by atoms with Gasteiger partial charge in [0, 0.05) is 32.7 Å². The third-order valence-electron chi connectivity index (χ3n) is 3.90. The molecule has 0 unspecified atom stereocenters. The summed E-state index contributed by atoms with van der Waals surface area (Å²) in [5.41, 5.74) is 5.02. The monoisotopic (exact) mass is 366 g/mol. The molecule has 1 aliphatic rings. The van der Waals surface area contributed by atoms with Gasteiger partial charge in [0.1, 0.15) is 23.6 Å². The first-order valence-corrected chi connectivity index (χ1v) is 8.53. The number of nitro benzene ring substituents is 1. The molecule has 144 valence electrons. The second-order valence-electron chi connectivity index (χ2n) is 7.14. The molecule has 0 saturated carbocycles. The van der Waals surface area contributed by atoms with Crippen LogP contribution in [0.15, 0.2) is 18.2 Å². The van der Waals surface area contributed by atoms with Gasteiger partial charge in [0.2, 0.25) is 0 Å². The third kappa shape index (κ3) is 5.76. The molecule has 1 fully saturated rings. The maximum atomic E-state index is 12.0. The molecule has 26 heavy (non-hydrogen) atoms. The highest BCUT2D eigenvalue weighted by Crippen LogP contribution is 2.26. The molecule has 2 rings (SSSR count). The van der Waals surface area contributed by atoms with Gasteiger partial charge in [-0.2, -0.15) is 0 Å². The second-order valence-corrected chi connectivity index (χ2v) is 7.14. The van der Waals surface area contributed by atoms with Crippen LogP contribution in [0.25, 0.3) is 0 Å². The SMILES string of the molecule is CC(C)(C)OC(=O)N1CCN(CCOc2ccc(N)c([N+](=O)[O-])c2)CC1. The molecule has 2 N–H and O–H groups in total. The van der Waals surface area contributed by atoms with Crippen molar-refractivity contribution in [1.82, 2.24) is 9.80 Å². The number of rotatable bonds is 5. The van der Waals surface area contributed by atoms with Gasteiger partial charge in [-0.3, -0.25) is 15.0 Å². The van der Waals surface area contributed by atoms with E-state index in [4.69, 9.17) is 15.2 Å². The van der Waals surface area contributed by atoms with E-state index in [2.05, 4.69) is 4.90 Å². The molecule has 1 heterocycles. The Morgan fingerprint density at radius 1 is 1.27 bits per heavy atom. The Labute approximate surface area is 152 Å². The molecule has 1 aromatic carbocycles. The number of nitrogens with zero attached hydrogens (tertiary/aromatic N) is 3. The first-order chi connectivity index (χ1) is 12.2. The van der Waals surface area contributed by atoms with Crippen LogP contribution in [0.3, 0.4) is 0 Å². The van der Waals surface area contributed by atoms with Crippen molar-refractivity contribution in [2.24, 2.45) is 0 Å². The maximum Gasteiger partial charge on any atom is 0.410 e. The fourth-order valence-electron chi connectivity index (χ4n) is 2.54. The third-order valence-corrected chi connectivity index (χ3v) is 3.90. The van der Waals surface area contributed by atoms with Gasteiger partial charge in [0.25, 0.3) is 5.69 Å². The van der Waals surface area contributed by atoms with Crippen LogP contribution in [-0.4, -0.2) is 65.7 Å². The summed E-state index contributed by atoms with van der Waals surface area (Å²) < 4.78 is 11.0. The summed E-state index contributed by atoms with van der Waals surface area (Å²) in [6, 6.07) is 4.41. The van der Waals surface area contributed by atoms with Crippen LogP contribution in [0.4, 0.5) is 16.2 Å². The predicted octanol–water partition coefficient (Wildman–Crippen LogP) is 2.11. The Balaban J connectivity index is 1.75. The number of amides is 1. The molecule has 0 bridgehead atoms. The average molecular weight is 366 g/mol. The highest BCUT2D eigenvalue weighted by Gasteiger charge is 2.25. The lowest BCUT2D eigenvalue weighted by Crippen LogP contribution is -2.50. The van der Waals surface area contributed by atoms with E-state index < -0.39 is 10.5 Å². The Morgan fingerprint density at radius 2 is 1.92 bits per heavy atom. The topological polar surface area (TPSA) is 111 Å². The lowest BCUT2D eigenvalue weighted by atomic mass is 10.2. The number of nitrogen functional groups attached to an aromatic ring is 1. The molecule has 1 aromatic rings. The van der Waals surface area contributed by atoms with Gasteiger partial charge in [-0.15, -0.1) is 0 Å². The lowest BCUT2D eigenvalue weighted by molar-refractivity contribution is -0.384. The quantitative estimate of drug-likeness (QED) is 0.482. The van der Waals surface area contributed by atoms with Gasteiger partial charge in [-0.1, -0.05) is 0 Å². The van der Waals surface area contributed by atoms with Gasteiger partial charge in [0.15, 0.2) is 0 Å². The van der Waals surface area contributed by atoms with E-state index in [0.29, 0.717) is 32.0 Å². The molecule has 0 atom stereocenters. The summed E-state index contributed by atoms with van der Waals surface area (Å²) in [7, 11) is 0. The molecular formula is C17H26N4O5. The zero-order chi connectivity index (χ0) is 19.3. The summed E-state index contributed by atoms with van der Waals surface area (Å²) in [5.74, 6) is 0.415. The second kappa shape index (κ2) is 8.22. The van der Waals surface area contributed by atoms with Crippen LogP contribution < -0.4 is 10.5 Å². The largest absolute Gasteiger partial charge is 0.492 e. The van der Waals surface area contributed by atoms with Crippen molar-refractivity contribution >= 4 is 17.5 Å². The van der Waals surface area contributed by atoms with Crippen molar-refractivity contribution in [3.05, 3.63) is 28.3 Å². The van der Waals surface area contributed by atoms with Gasteiger partial charge < -0.3 is 20.1 Å². The Bertz CT molecular complexity index is 651. The van der Waals surface area contributed by atoms with E-state index in [1.54, 1.807) is 11.0 Å². The van der Waals surface area contributed by atoms with Crippen molar-refractivity contribution in [3.8, 4) is 5.75 Å². The summed E-state index contributed by atoms with van der Waals surface area (Å²) in [4.78, 5) is 26.3. The van der Waals surface area contributed by atoms with Gasteiger partial charge in [-0.05, 0) is 32.9 Å². The van der Waals surface area contributed by atoms with E-state index in [9.17, 15) is 14.9 Å². The molecule has 0 aliphatic carbocycles. The summed E-state index contributed by atoms with van der Waals surface area (Å²) in [6.07, 6.45) is -0.289. The van der Waals surface area contributed by atoms with Crippen LogP contribution in [0.2, 0.25) is 0 Å². The Hall–Kier alpha value is -2.55. The molecule has 1 amide bonds. The highest BCUT2D eigenvalue weighted by molar-refractivity contribution is 5.68. The van der Waals surface area contributed by atoms with Crippen molar-refractivity contribution in [2.45, 2.75) is 26.4 Å². The van der Waals surface area contributed by atoms with E-state index in [0.717, 1.165) is 13.1 Å². The van der Waals surface area contributed by atoms with E-state index in [1.807, 2.05) is 20.8 Å². The molecule has 9 heteroatoms. The Morgan fingerprint density at radius 3 is 2.50 bits per heavy atom. The maximum absolute atomic E-state index is 12.0. The number of nitrogens with two attached hydrogens (primary N) is 1. The fraction of sp³-hybridized carbons (Fsp3) is 0.588. The summed E-state index contributed by atoms with van der Waals surface area (Å²) >= 11 is 0. The fourth-order valence-corrected chi connectivity index (χ4v) is 2.54. The predicted molar refractivity (Wildman–Crippen MR) is 97.3 cm³/mol. The van der Waals surface area contributed by atoms with Gasteiger partial charge in [0.05, 0.1) is 11.0 Å². The molecule has 0 aromatic heterocycles. The lowest BCUT2D eigenvalue weighted by Gasteiger charge is -2.35. The van der Waals surface area contributed by atoms with Crippen molar-refractivity contribution < 1.29 is 19.2 Å². The minimum Gasteiger partial charge on any atom is -0.492 e. The number of carbonyl (C=O) groups excluding carboxylic acids is 1. The number of nitro groups is 1. The molecule has 0 spiro atoms. The van der Waals surface area contributed by atoms with Crippen molar-refractivity contribution in [1.29, 1.82) is 0 Å². The minimum absolute atomic E-state index is 0.112. The van der Waals surface area contributed by atoms with Crippen LogP contribution in [0, 0.1) is 10.1 Å². The summed E-state index contributed by atoms with van der Waals surface area (Å²) in [5, 5.41) is 10.9. The van der Waals surface area contributed by atoms with Crippen LogP contribution in [0.5, 0.6) is 5.75 Å². The smallest absolute Gasteiger partial charge is 0.410 e. The zero-order valence-corrected chi connectivity index (χ0v) is 15.4. The number of anilines is 1. The van der Waals surface area contributed by atoms with Crippen LogP contribution >= 0.6 is 0 Å². The number of carbonyl (C=O) groups is 1. The molecule has 1 saturated heterocycles. The van der Waals surface area contributed by atoms with Gasteiger partial charge >= 0.3 is 6.09 Å². The van der Waals surface area contributed by atoms with E-state index in [-0.39, 0.29) is 17.5 Å². The normalized spacial score (nSPS) is 15.6. The highest BCUT2D eigenvalue weighted by atomic mass is 16.6. The van der Waals surface area contributed by atoms with E-state index >= 15 is 0 Å². The number of ether oxygens (including phenoxy) is 2. The van der Waals surface area contributed by atoms with Gasteiger partial charge in [-0.25, -0.2) is 4.79 Å². The van der Waals surface area contributed by atoms with Crippen molar-refractivity contribution in [3.63, 3.8) is 0 Å². The number of benzene rings is 1. The number of hydrogen-bond acceptors (Lipinski definition) is 7. The van der Waals surface area contributed by atoms with Crippen LogP contribution in [-0.2, 0) is 4.74 Å². The van der Waals surface area contributed by atoms with Crippen LogP contribution in [0.1, 0.15) is 20.8 Å². The summed E-state index contributed by atoms with van der Waals surface area (Å²) in [6.45, 7) is 9.26. The van der Waals surface area contributed by atoms with Crippen molar-refractivity contribution in [2.75, 3.05) is 45.1 Å². The zero-order valence-electron chi connectivity index (χ0n) is 15.4. The standard InChI is InChI=1S/C17H26N4O5/c1-17(2,3)26-16(22)20-8-6-19(7-9-20)10-11-25-13-4-5-14(18)15(12-13)21(23)24/h4-5,12H,6-11,18H2,1-3H3. The molecular weight excluding hydrogens is 340 g/mol. The molecule has 1 aliphatic heterocycles. The molecule has 9 nitrogen and oxygen atoms in total. The first kappa shape index (κ1) is 19.8. The number of hydrogen-bond donors (Lipinski definition) is 1. The Kier molecular flexibility index (Phi) is 6.25. The minimum atomic E-state index is -0.530. The van der Waals surface area contributed by atoms with E-state index in [1.165, 1.54) is 12.1 Å². The number of piperazine rings is 1. The average Bonchev–Trinajstić information content (AvgIpc) is 2.55. The molecule has 0 radical (unpaired) electrons.